The van der Waals surface area contributed by atoms with E-state index in [-0.39, 0.29) is 114 Å². The van der Waals surface area contributed by atoms with Crippen molar-refractivity contribution in [3.63, 3.8) is 0 Å². The van der Waals surface area contributed by atoms with E-state index in [2.05, 4.69) is 39.9 Å². The van der Waals surface area contributed by atoms with Crippen molar-refractivity contribution in [2.45, 2.75) is 174 Å². The van der Waals surface area contributed by atoms with Crippen LogP contribution in [0.15, 0.2) is 181 Å². The van der Waals surface area contributed by atoms with Crippen LogP contribution in [0.4, 0.5) is 17.6 Å². The van der Waals surface area contributed by atoms with Crippen LogP contribution in [0.2, 0.25) is 0 Å². The lowest BCUT2D eigenvalue weighted by Gasteiger charge is -2.27. The first kappa shape index (κ1) is 93.9. The molecule has 0 N–H and O–H groups in total. The number of aromatic nitrogens is 14. The third kappa shape index (κ3) is 21.7. The Hall–Kier alpha value is -12.2. The molecule has 0 saturated carbocycles. The number of amides is 2. The molecule has 39 heteroatoms. The van der Waals surface area contributed by atoms with Crippen LogP contribution in [-0.4, -0.2) is 185 Å². The van der Waals surface area contributed by atoms with Gasteiger partial charge in [0.15, 0.2) is 15.5 Å². The Morgan fingerprint density at radius 3 is 0.984 bits per heavy atom. The molecule has 0 spiro atoms. The third-order valence-electron chi connectivity index (χ3n) is 20.1. The molecule has 668 valence electrons. The molecule has 4 unspecified atom stereocenters. The van der Waals surface area contributed by atoms with Crippen molar-refractivity contribution in [3.05, 3.63) is 212 Å². The van der Waals surface area contributed by atoms with Gasteiger partial charge in [-0.05, 0) is 197 Å². The molecule has 1 fully saturated rings. The van der Waals surface area contributed by atoms with E-state index < -0.39 is 85.4 Å². The monoisotopic (exact) mass is 1820 g/mol. The second-order valence-electron chi connectivity index (χ2n) is 34.2. The predicted molar refractivity (Wildman–Crippen MR) is 466 cm³/mol. The van der Waals surface area contributed by atoms with Gasteiger partial charge in [0.2, 0.25) is 20.9 Å². The van der Waals surface area contributed by atoms with Gasteiger partial charge < -0.3 is 18.9 Å². The van der Waals surface area contributed by atoms with Gasteiger partial charge in [-0.2, -0.15) is 0 Å². The van der Waals surface area contributed by atoms with Gasteiger partial charge in [0.05, 0.1) is 131 Å². The van der Waals surface area contributed by atoms with Crippen LogP contribution in [0.25, 0.3) is 67.5 Å². The standard InChI is InChI=1S/C22H23FN4O5S.C22H25FN4O4S.2C22H23FN4O3S/c1-22(2,3)20(29)32-15-11-26-18(16-9-10-24-21(25-16)33(4,30)31)17(19(28)27(26)12-15)13-5-7-14(23)8-6-13;1-22(2,3)20(30)31-16-12-26(18(28)11-14-5-7-15(23)8-6-14)27(13-16)19(29)17-9-10-24-21(25-17)32-4;2*1-22(2,3)20(29)30-15-11-26-18(16-9-10-24-21(25-16)31-4)17(19(28)27(26)12-15)13-5-7-14(23)8-6-13/h5-10,15H,11-12H2,1-4H3;5-10,16H,11-13H2,1-4H3;2*5-10,15H,11-12H2,1-4H3. The molecule has 11 heterocycles. The third-order valence-corrected chi connectivity index (χ3v) is 22.6. The maximum Gasteiger partial charge on any atom is 0.311 e. The fourth-order valence-corrected chi connectivity index (χ4v) is 15.2. The molecule has 7 aromatic heterocycles. The number of halogens is 4. The summed E-state index contributed by atoms with van der Waals surface area (Å²) >= 11 is 4.09. The molecule has 31 nitrogen and oxygen atoms in total. The van der Waals surface area contributed by atoms with Crippen molar-refractivity contribution in [1.82, 2.24) is 78.0 Å². The molecule has 4 aromatic carbocycles. The van der Waals surface area contributed by atoms with Gasteiger partial charge >= 0.3 is 23.9 Å². The first-order valence-electron chi connectivity index (χ1n) is 40.0. The zero-order valence-electron chi connectivity index (χ0n) is 72.5. The molecular weight excluding hydrogens is 1730 g/mol. The Labute approximate surface area is 740 Å². The minimum absolute atomic E-state index is 0.0222. The topological polar surface area (TPSA) is 364 Å². The number of benzene rings is 4. The van der Waals surface area contributed by atoms with Gasteiger partial charge in [0.1, 0.15) is 53.4 Å². The van der Waals surface area contributed by atoms with E-state index in [0.717, 1.165) is 6.26 Å². The van der Waals surface area contributed by atoms with E-state index >= 15 is 0 Å². The summed E-state index contributed by atoms with van der Waals surface area (Å²) < 4.78 is 110. The first-order valence-corrected chi connectivity index (χ1v) is 45.5. The summed E-state index contributed by atoms with van der Waals surface area (Å²) in [6.07, 6.45) is 10.4. The van der Waals surface area contributed by atoms with Crippen molar-refractivity contribution in [2.24, 2.45) is 21.7 Å². The molecule has 1 saturated heterocycles. The highest BCUT2D eigenvalue weighted by atomic mass is 32.2. The Kier molecular flexibility index (Phi) is 28.2. The number of sulfone groups is 1. The average molecular weight is 1820 g/mol. The number of ether oxygens (including phenoxy) is 4. The van der Waals surface area contributed by atoms with Crippen LogP contribution in [0.1, 0.15) is 99.1 Å². The summed E-state index contributed by atoms with van der Waals surface area (Å²) in [4.78, 5) is 150. The zero-order chi connectivity index (χ0) is 92.3. The van der Waals surface area contributed by atoms with Gasteiger partial charge in [-0.3, -0.25) is 57.2 Å². The Balaban J connectivity index is 0.000000154. The molecule has 4 aliphatic heterocycles. The summed E-state index contributed by atoms with van der Waals surface area (Å²) in [5.41, 5.74) is 2.87. The van der Waals surface area contributed by atoms with Crippen molar-refractivity contribution < 1.29 is 73.7 Å². The lowest BCUT2D eigenvalue weighted by Crippen LogP contribution is -2.45. The summed E-state index contributed by atoms with van der Waals surface area (Å²) in [7, 11) is -3.70. The highest BCUT2D eigenvalue weighted by molar-refractivity contribution is 7.98. The minimum atomic E-state index is -3.70. The molecule has 11 aromatic rings. The summed E-state index contributed by atoms with van der Waals surface area (Å²) in [6.45, 7) is 22.7. The number of thioether (sulfide) groups is 3. The number of hydrogen-bond acceptors (Lipinski definition) is 26. The van der Waals surface area contributed by atoms with Crippen LogP contribution in [0.5, 0.6) is 0 Å². The van der Waals surface area contributed by atoms with Crippen LogP contribution < -0.4 is 16.7 Å². The molecule has 4 atom stereocenters. The molecule has 0 radical (unpaired) electrons. The number of hydrogen-bond donors (Lipinski definition) is 0. The molecule has 127 heavy (non-hydrogen) atoms. The Morgan fingerprint density at radius 1 is 0.378 bits per heavy atom. The Morgan fingerprint density at radius 2 is 0.661 bits per heavy atom. The van der Waals surface area contributed by atoms with Gasteiger partial charge in [-0.25, -0.2) is 89.9 Å². The van der Waals surface area contributed by atoms with Crippen LogP contribution in [0.3, 0.4) is 0 Å². The number of carbonyl (C=O) groups excluding carboxylic acids is 6. The smallest absolute Gasteiger partial charge is 0.311 e. The summed E-state index contributed by atoms with van der Waals surface area (Å²) in [5, 5.41) is 3.71. The average Bonchev–Trinajstić information content (AvgIpc) is 1.59. The highest BCUT2D eigenvalue weighted by Crippen LogP contribution is 2.38. The van der Waals surface area contributed by atoms with Gasteiger partial charge in [-0.15, -0.1) is 0 Å². The number of nitrogens with zero attached hydrogens (tertiary/aromatic N) is 16. The van der Waals surface area contributed by atoms with Gasteiger partial charge in [0, 0.05) is 31.0 Å². The zero-order valence-corrected chi connectivity index (χ0v) is 75.7. The van der Waals surface area contributed by atoms with E-state index in [1.54, 1.807) is 162 Å². The summed E-state index contributed by atoms with van der Waals surface area (Å²) in [6, 6.07) is 29.1. The van der Waals surface area contributed by atoms with Crippen molar-refractivity contribution in [2.75, 3.05) is 38.1 Å². The van der Waals surface area contributed by atoms with Crippen molar-refractivity contribution in [3.8, 4) is 67.5 Å². The van der Waals surface area contributed by atoms with Crippen molar-refractivity contribution in [1.29, 1.82) is 0 Å². The molecular formula is C88H94F4N16O15S4. The molecule has 15 rings (SSSR count). The Bertz CT molecular complexity index is 6120. The van der Waals surface area contributed by atoms with E-state index in [9.17, 15) is 69.1 Å². The second-order valence-corrected chi connectivity index (χ2v) is 38.4. The lowest BCUT2D eigenvalue weighted by molar-refractivity contribution is -0.159. The maximum atomic E-state index is 13.5. The molecule has 4 aliphatic rings. The molecule has 2 amide bonds. The SMILES string of the molecule is CC(C)(C)C(=O)OC1Cn2c(-c3ccnc(S(C)(=O)=O)n3)c(-c3ccc(F)cc3)c(=O)n2C1.CSc1nccc(-c2c(-c3ccc(F)cc3)c(=O)n3n2CC(OC(=O)C(C)(C)C)C3)n1.CSc1nccc(-c2c(-c3ccc(F)cc3)c(=O)n3n2CC(OC(=O)C(C)(C)C)C3)n1.CSc1nccc(C(=O)N2CC(OC(=O)C(C)(C)C)CN2C(=O)Cc2ccc(F)cc2)n1. The number of fused-ring (bicyclic) bond motifs is 3. The maximum absolute atomic E-state index is 13.5. The van der Waals surface area contributed by atoms with Gasteiger partial charge in [-0.1, -0.05) is 83.8 Å². The van der Waals surface area contributed by atoms with Crippen molar-refractivity contribution >= 4 is 80.8 Å². The van der Waals surface area contributed by atoms with E-state index in [1.807, 2.05) is 12.5 Å². The summed E-state index contributed by atoms with van der Waals surface area (Å²) in [5.74, 6) is -3.93. The number of hydrazine groups is 1. The van der Waals surface area contributed by atoms with Crippen LogP contribution in [0, 0.1) is 44.9 Å². The van der Waals surface area contributed by atoms with E-state index in [1.165, 1.54) is 147 Å². The number of esters is 4. The quantitative estimate of drug-likeness (QED) is 0.0269. The number of carbonyl (C=O) groups is 6. The highest BCUT2D eigenvalue weighted by Gasteiger charge is 2.43. The fraction of sp³-hybridized carbons (Fsp3) is 0.375. The largest absolute Gasteiger partial charge is 0.458 e. The fourth-order valence-electron chi connectivity index (χ4n) is 13.7. The molecule has 0 bridgehead atoms. The first-order chi connectivity index (χ1) is 59.8. The molecule has 0 aliphatic carbocycles. The minimum Gasteiger partial charge on any atom is -0.458 e. The second kappa shape index (κ2) is 38.1. The lowest BCUT2D eigenvalue weighted by atomic mass is 9.97. The van der Waals surface area contributed by atoms with Crippen LogP contribution in [-0.2, 0) is 98.4 Å². The normalized spacial score (nSPS) is 15.9. The van der Waals surface area contributed by atoms with E-state index in [4.69, 9.17) is 18.9 Å². The van der Waals surface area contributed by atoms with Gasteiger partial charge in [0.25, 0.3) is 22.6 Å². The van der Waals surface area contributed by atoms with E-state index in [0.29, 0.717) is 90.4 Å². The van der Waals surface area contributed by atoms with Crippen LogP contribution >= 0.6 is 35.3 Å². The predicted octanol–water partition coefficient (Wildman–Crippen LogP) is 12.2. The number of rotatable bonds is 17.